The molecule has 0 spiro atoms. The lowest BCUT2D eigenvalue weighted by molar-refractivity contribution is -0.180. The number of ether oxygens (including phenoxy) is 1. The van der Waals surface area contributed by atoms with E-state index in [0.717, 1.165) is 0 Å². The van der Waals surface area contributed by atoms with Gasteiger partial charge in [-0.15, -0.1) is 0 Å². The molecule has 1 aromatic heterocycles. The fraction of sp³-hybridized carbons (Fsp3) is 0.643. The van der Waals surface area contributed by atoms with E-state index in [0.29, 0.717) is 12.2 Å². The largest absolute Gasteiger partial charge is 0.479 e. The number of carboxylic acid groups (broad SMARTS) is 1. The summed E-state index contributed by atoms with van der Waals surface area (Å²) in [5.74, 6) is -1.29. The first-order valence-corrected chi connectivity index (χ1v) is 6.95. The van der Waals surface area contributed by atoms with Gasteiger partial charge in [0.2, 0.25) is 5.91 Å². The minimum Gasteiger partial charge on any atom is -0.479 e. The van der Waals surface area contributed by atoms with Gasteiger partial charge in [0.05, 0.1) is 5.69 Å². The number of carboxylic acids is 1. The third-order valence-electron chi connectivity index (χ3n) is 3.54. The maximum absolute atomic E-state index is 12.3. The molecule has 1 N–H and O–H groups in total. The third-order valence-corrected chi connectivity index (χ3v) is 3.54. The summed E-state index contributed by atoms with van der Waals surface area (Å²) in [6.07, 6.45) is 0.515. The molecular weight excluding hydrogens is 274 g/mol. The Hall–Kier alpha value is -1.89. The van der Waals surface area contributed by atoms with Crippen LogP contribution in [0, 0.1) is 0 Å². The highest BCUT2D eigenvalue weighted by Gasteiger charge is 2.47. The third kappa shape index (κ3) is 2.78. The molecule has 0 radical (unpaired) electrons. The second-order valence-electron chi connectivity index (χ2n) is 6.02. The van der Waals surface area contributed by atoms with Crippen LogP contribution in [-0.2, 0) is 20.9 Å². The molecule has 1 aliphatic rings. The predicted octanol–water partition coefficient (Wildman–Crippen LogP) is 1.05. The first-order valence-electron chi connectivity index (χ1n) is 6.95. The van der Waals surface area contributed by atoms with Gasteiger partial charge in [-0.3, -0.25) is 9.48 Å². The molecule has 116 valence electrons. The minimum atomic E-state index is -1.09. The Morgan fingerprint density at radius 2 is 2.19 bits per heavy atom. The quantitative estimate of drug-likeness (QED) is 0.901. The highest BCUT2D eigenvalue weighted by atomic mass is 16.5. The van der Waals surface area contributed by atoms with E-state index < -0.39 is 23.7 Å². The molecule has 1 aromatic rings. The van der Waals surface area contributed by atoms with Crippen molar-refractivity contribution in [3.63, 3.8) is 0 Å². The maximum Gasteiger partial charge on any atom is 0.335 e. The molecule has 1 aliphatic heterocycles. The maximum atomic E-state index is 12.3. The lowest BCUT2D eigenvalue weighted by atomic mass is 9.95. The minimum absolute atomic E-state index is 0.214. The van der Waals surface area contributed by atoms with Crippen molar-refractivity contribution in [3.8, 4) is 0 Å². The Balaban J connectivity index is 2.54. The Labute approximate surface area is 123 Å². The lowest BCUT2D eigenvalue weighted by Crippen LogP contribution is -2.58. The van der Waals surface area contributed by atoms with Crippen LogP contribution in [0.5, 0.6) is 0 Å². The molecule has 2 rings (SSSR count). The summed E-state index contributed by atoms with van der Waals surface area (Å²) in [7, 11) is 0. The number of aliphatic carboxylic acids is 1. The molecule has 0 aromatic carbocycles. The van der Waals surface area contributed by atoms with Crippen molar-refractivity contribution >= 4 is 11.9 Å². The molecule has 2 unspecified atom stereocenters. The van der Waals surface area contributed by atoms with Crippen LogP contribution in [-0.4, -0.2) is 49.9 Å². The Kier molecular flexibility index (Phi) is 4.04. The number of carbonyl (C=O) groups excluding carboxylic acids is 1. The number of hydrogen-bond donors (Lipinski definition) is 1. The van der Waals surface area contributed by atoms with Crippen molar-refractivity contribution in [2.75, 3.05) is 6.61 Å². The van der Waals surface area contributed by atoms with Gasteiger partial charge in [0.25, 0.3) is 0 Å². The number of nitrogens with zero attached hydrogens (tertiary/aromatic N) is 3. The van der Waals surface area contributed by atoms with Gasteiger partial charge in [0.1, 0.15) is 12.6 Å². The van der Waals surface area contributed by atoms with Crippen LogP contribution in [0.3, 0.4) is 0 Å². The molecule has 1 saturated heterocycles. The average molecular weight is 295 g/mol. The molecule has 0 saturated carbocycles. The van der Waals surface area contributed by atoms with Gasteiger partial charge < -0.3 is 14.7 Å². The monoisotopic (exact) mass is 295 g/mol. The van der Waals surface area contributed by atoms with Crippen molar-refractivity contribution in [2.24, 2.45) is 0 Å². The fourth-order valence-electron chi connectivity index (χ4n) is 2.76. The van der Waals surface area contributed by atoms with E-state index in [2.05, 4.69) is 5.10 Å². The van der Waals surface area contributed by atoms with E-state index >= 15 is 0 Å². The molecular formula is C14H21N3O4. The van der Waals surface area contributed by atoms with Crippen LogP contribution in [0.1, 0.15) is 39.4 Å². The second-order valence-corrected chi connectivity index (χ2v) is 6.02. The summed E-state index contributed by atoms with van der Waals surface area (Å²) in [5.41, 5.74) is 0.162. The summed E-state index contributed by atoms with van der Waals surface area (Å²) in [4.78, 5) is 25.4. The molecule has 1 amide bonds. The highest BCUT2D eigenvalue weighted by Crippen LogP contribution is 2.35. The molecule has 2 heterocycles. The number of rotatable bonds is 3. The number of aryl methyl sites for hydroxylation is 1. The molecule has 21 heavy (non-hydrogen) atoms. The van der Waals surface area contributed by atoms with Crippen molar-refractivity contribution < 1.29 is 19.4 Å². The van der Waals surface area contributed by atoms with Gasteiger partial charge in [-0.05, 0) is 33.8 Å². The SMILES string of the molecule is CCn1nccc1C1C(C(=O)O)OCC(=O)N1C(C)(C)C. The van der Waals surface area contributed by atoms with E-state index in [9.17, 15) is 14.7 Å². The number of morpholine rings is 1. The predicted molar refractivity (Wildman–Crippen MR) is 74.6 cm³/mol. The Bertz CT molecular complexity index is 547. The molecule has 2 atom stereocenters. The number of carbonyl (C=O) groups is 2. The molecule has 1 fully saturated rings. The van der Waals surface area contributed by atoms with Gasteiger partial charge in [-0.25, -0.2) is 4.79 Å². The Morgan fingerprint density at radius 1 is 1.52 bits per heavy atom. The summed E-state index contributed by atoms with van der Waals surface area (Å²) < 4.78 is 6.98. The van der Waals surface area contributed by atoms with Gasteiger partial charge in [-0.1, -0.05) is 0 Å². The first-order chi connectivity index (χ1) is 9.77. The van der Waals surface area contributed by atoms with Crippen molar-refractivity contribution in [1.29, 1.82) is 0 Å². The zero-order valence-corrected chi connectivity index (χ0v) is 12.7. The van der Waals surface area contributed by atoms with Crippen LogP contribution < -0.4 is 0 Å². The topological polar surface area (TPSA) is 84.7 Å². The van der Waals surface area contributed by atoms with Crippen LogP contribution in [0.25, 0.3) is 0 Å². The van der Waals surface area contributed by atoms with Crippen molar-refractivity contribution in [2.45, 2.75) is 51.9 Å². The van der Waals surface area contributed by atoms with Gasteiger partial charge >= 0.3 is 5.97 Å². The van der Waals surface area contributed by atoms with Gasteiger partial charge in [0.15, 0.2) is 6.10 Å². The van der Waals surface area contributed by atoms with Gasteiger partial charge in [-0.2, -0.15) is 5.10 Å². The normalized spacial score (nSPS) is 23.4. The second kappa shape index (κ2) is 5.48. The highest BCUT2D eigenvalue weighted by molar-refractivity contribution is 5.83. The van der Waals surface area contributed by atoms with E-state index in [1.807, 2.05) is 27.7 Å². The molecule has 0 aliphatic carbocycles. The fourth-order valence-corrected chi connectivity index (χ4v) is 2.76. The first kappa shape index (κ1) is 15.5. The van der Waals surface area contributed by atoms with E-state index in [4.69, 9.17) is 4.74 Å². The van der Waals surface area contributed by atoms with E-state index in [1.165, 1.54) is 0 Å². The van der Waals surface area contributed by atoms with E-state index in [1.54, 1.807) is 21.8 Å². The summed E-state index contributed by atoms with van der Waals surface area (Å²) in [5, 5.41) is 13.6. The van der Waals surface area contributed by atoms with Crippen LogP contribution >= 0.6 is 0 Å². The van der Waals surface area contributed by atoms with Crippen molar-refractivity contribution in [1.82, 2.24) is 14.7 Å². The summed E-state index contributed by atoms with van der Waals surface area (Å²) in [6.45, 7) is 7.94. The molecule has 7 heteroatoms. The van der Waals surface area contributed by atoms with Crippen LogP contribution in [0.4, 0.5) is 0 Å². The number of amides is 1. The smallest absolute Gasteiger partial charge is 0.335 e. The number of aromatic nitrogens is 2. The van der Waals surface area contributed by atoms with Crippen molar-refractivity contribution in [3.05, 3.63) is 18.0 Å². The van der Waals surface area contributed by atoms with Crippen LogP contribution in [0.15, 0.2) is 12.3 Å². The van der Waals surface area contributed by atoms with E-state index in [-0.39, 0.29) is 12.5 Å². The standard InChI is InChI=1S/C14H21N3O4/c1-5-16-9(6-7-15-16)11-12(13(19)20)21-8-10(18)17(11)14(2,3)4/h6-7,11-12H,5,8H2,1-4H3,(H,19,20). The molecule has 0 bridgehead atoms. The molecule has 7 nitrogen and oxygen atoms in total. The average Bonchev–Trinajstić information content (AvgIpc) is 2.84. The van der Waals surface area contributed by atoms with Gasteiger partial charge in [0, 0.05) is 18.3 Å². The Morgan fingerprint density at radius 3 is 2.71 bits per heavy atom. The summed E-state index contributed by atoms with van der Waals surface area (Å²) in [6, 6.07) is 1.05. The lowest BCUT2D eigenvalue weighted by Gasteiger charge is -2.46. The zero-order valence-electron chi connectivity index (χ0n) is 12.7. The number of hydrogen-bond acceptors (Lipinski definition) is 4. The van der Waals surface area contributed by atoms with Crippen LogP contribution in [0.2, 0.25) is 0 Å². The summed E-state index contributed by atoms with van der Waals surface area (Å²) >= 11 is 0. The zero-order chi connectivity index (χ0) is 15.8.